The van der Waals surface area contributed by atoms with Gasteiger partial charge in [0.25, 0.3) is 11.8 Å². The number of likely N-dealkylation sites (tertiary alicyclic amines) is 1. The molecule has 9 heteroatoms. The fraction of sp³-hybridized carbons (Fsp3) is 0.400. The number of hydrogen-bond acceptors (Lipinski definition) is 7. The molecule has 2 amide bonds. The van der Waals surface area contributed by atoms with Crippen LogP contribution in [-0.2, 0) is 6.61 Å². The number of aryl methyl sites for hydroxylation is 3. The Hall–Kier alpha value is -3.75. The van der Waals surface area contributed by atoms with Crippen LogP contribution in [0, 0.1) is 20.8 Å². The van der Waals surface area contributed by atoms with Crippen LogP contribution >= 0.6 is 0 Å². The second-order valence-corrected chi connectivity index (χ2v) is 8.41. The fourth-order valence-electron chi connectivity index (χ4n) is 4.00. The van der Waals surface area contributed by atoms with Crippen LogP contribution in [0.25, 0.3) is 0 Å². The minimum absolute atomic E-state index is 0.00315. The van der Waals surface area contributed by atoms with Crippen molar-refractivity contribution < 1.29 is 28.0 Å². The van der Waals surface area contributed by atoms with Gasteiger partial charge < -0.3 is 28.6 Å². The maximum absolute atomic E-state index is 13.1. The Morgan fingerprint density at radius 3 is 2.50 bits per heavy atom. The van der Waals surface area contributed by atoms with Crippen LogP contribution in [-0.4, -0.2) is 48.1 Å². The van der Waals surface area contributed by atoms with Gasteiger partial charge in [-0.05, 0) is 63.9 Å². The van der Waals surface area contributed by atoms with Gasteiger partial charge in [-0.15, -0.1) is 0 Å². The van der Waals surface area contributed by atoms with E-state index >= 15 is 0 Å². The molecule has 4 rings (SSSR count). The van der Waals surface area contributed by atoms with E-state index in [1.807, 2.05) is 13.8 Å². The summed E-state index contributed by atoms with van der Waals surface area (Å²) in [5, 5.41) is 6.92. The predicted molar refractivity (Wildman–Crippen MR) is 123 cm³/mol. The molecule has 1 saturated heterocycles. The van der Waals surface area contributed by atoms with Gasteiger partial charge in [-0.25, -0.2) is 0 Å². The molecule has 2 aromatic heterocycles. The third-order valence-corrected chi connectivity index (χ3v) is 6.05. The van der Waals surface area contributed by atoms with E-state index in [1.165, 1.54) is 0 Å². The molecular weight excluding hydrogens is 438 g/mol. The number of nitrogens with zero attached hydrogens (tertiary/aromatic N) is 2. The highest BCUT2D eigenvalue weighted by Gasteiger charge is 2.26. The van der Waals surface area contributed by atoms with E-state index in [4.69, 9.17) is 18.4 Å². The third-order valence-electron chi connectivity index (χ3n) is 6.05. The van der Waals surface area contributed by atoms with Crippen LogP contribution in [0.3, 0.4) is 0 Å². The Morgan fingerprint density at radius 2 is 1.88 bits per heavy atom. The molecule has 1 N–H and O–H groups in total. The van der Waals surface area contributed by atoms with Crippen LogP contribution in [0.5, 0.6) is 11.5 Å². The molecule has 1 aliphatic heterocycles. The third kappa shape index (κ3) is 5.08. The van der Waals surface area contributed by atoms with Gasteiger partial charge in [-0.3, -0.25) is 9.59 Å². The molecule has 0 saturated carbocycles. The standard InChI is InChI=1S/C25H29N3O6/c1-15-5-7-22(33-15)24(29)26-19-9-11-28(12-10-19)25(30)18-6-8-21(23(13-18)31-4)32-14-20-16(2)27-34-17(20)3/h5-8,13,19H,9-12,14H2,1-4H3,(H,26,29). The van der Waals surface area contributed by atoms with Crippen molar-refractivity contribution in [2.45, 2.75) is 46.3 Å². The zero-order valence-corrected chi connectivity index (χ0v) is 19.8. The predicted octanol–water partition coefficient (Wildman–Crippen LogP) is 3.82. The number of hydrogen-bond donors (Lipinski definition) is 1. The Kier molecular flexibility index (Phi) is 6.90. The molecule has 180 valence electrons. The molecule has 0 atom stereocenters. The maximum atomic E-state index is 13.1. The molecule has 3 heterocycles. The van der Waals surface area contributed by atoms with Crippen molar-refractivity contribution in [3.05, 3.63) is 64.4 Å². The summed E-state index contributed by atoms with van der Waals surface area (Å²) in [6.45, 7) is 6.89. The minimum atomic E-state index is -0.227. The van der Waals surface area contributed by atoms with Crippen molar-refractivity contribution >= 4 is 11.8 Å². The minimum Gasteiger partial charge on any atom is -0.493 e. The van der Waals surface area contributed by atoms with Crippen molar-refractivity contribution in [3.8, 4) is 11.5 Å². The number of furan rings is 1. The van der Waals surface area contributed by atoms with Gasteiger partial charge in [0.1, 0.15) is 18.1 Å². The number of rotatable bonds is 7. The summed E-state index contributed by atoms with van der Waals surface area (Å²) in [4.78, 5) is 27.2. The number of piperidine rings is 1. The quantitative estimate of drug-likeness (QED) is 0.563. The lowest BCUT2D eigenvalue weighted by molar-refractivity contribution is 0.0695. The Morgan fingerprint density at radius 1 is 1.12 bits per heavy atom. The van der Waals surface area contributed by atoms with Crippen LogP contribution < -0.4 is 14.8 Å². The smallest absolute Gasteiger partial charge is 0.287 e. The number of amides is 2. The summed E-state index contributed by atoms with van der Waals surface area (Å²) < 4.78 is 21.9. The molecule has 34 heavy (non-hydrogen) atoms. The number of carbonyl (C=O) groups excluding carboxylic acids is 2. The lowest BCUT2D eigenvalue weighted by atomic mass is 10.0. The van der Waals surface area contributed by atoms with E-state index in [9.17, 15) is 9.59 Å². The lowest BCUT2D eigenvalue weighted by Crippen LogP contribution is -2.46. The van der Waals surface area contributed by atoms with Crippen LogP contribution in [0.15, 0.2) is 39.3 Å². The number of nitrogens with one attached hydrogen (secondary N) is 1. The topological polar surface area (TPSA) is 107 Å². The molecule has 0 aliphatic carbocycles. The molecule has 9 nitrogen and oxygen atoms in total. The van der Waals surface area contributed by atoms with Gasteiger partial charge in [0.15, 0.2) is 17.3 Å². The van der Waals surface area contributed by atoms with Crippen LogP contribution in [0.2, 0.25) is 0 Å². The van der Waals surface area contributed by atoms with Crippen LogP contribution in [0.4, 0.5) is 0 Å². The Bertz CT molecular complexity index is 1150. The molecule has 1 aromatic carbocycles. The normalized spacial score (nSPS) is 14.2. The summed E-state index contributed by atoms with van der Waals surface area (Å²) in [5.74, 6) is 2.42. The van der Waals surface area contributed by atoms with E-state index in [0.29, 0.717) is 66.9 Å². The average Bonchev–Trinajstić information content (AvgIpc) is 3.42. The average molecular weight is 468 g/mol. The zero-order chi connectivity index (χ0) is 24.2. The lowest BCUT2D eigenvalue weighted by Gasteiger charge is -2.32. The van der Waals surface area contributed by atoms with Gasteiger partial charge in [0.2, 0.25) is 0 Å². The van der Waals surface area contributed by atoms with E-state index in [1.54, 1.807) is 49.3 Å². The highest BCUT2D eigenvalue weighted by Crippen LogP contribution is 2.30. The highest BCUT2D eigenvalue weighted by molar-refractivity contribution is 5.95. The van der Waals surface area contributed by atoms with Crippen molar-refractivity contribution in [3.63, 3.8) is 0 Å². The number of methoxy groups -OCH3 is 1. The van der Waals surface area contributed by atoms with Crippen LogP contribution in [0.1, 0.15) is 56.5 Å². The molecule has 0 unspecified atom stereocenters. The van der Waals surface area contributed by atoms with Crippen molar-refractivity contribution in [2.24, 2.45) is 0 Å². The second-order valence-electron chi connectivity index (χ2n) is 8.41. The monoisotopic (exact) mass is 467 g/mol. The molecule has 3 aromatic rings. The van der Waals surface area contributed by atoms with Crippen molar-refractivity contribution in [2.75, 3.05) is 20.2 Å². The molecule has 1 aliphatic rings. The first-order valence-electron chi connectivity index (χ1n) is 11.2. The van der Waals surface area contributed by atoms with Gasteiger partial charge in [-0.2, -0.15) is 0 Å². The fourth-order valence-corrected chi connectivity index (χ4v) is 4.00. The molecular formula is C25H29N3O6. The van der Waals surface area contributed by atoms with Gasteiger partial charge in [0.05, 0.1) is 18.4 Å². The van der Waals surface area contributed by atoms with Gasteiger partial charge >= 0.3 is 0 Å². The summed E-state index contributed by atoms with van der Waals surface area (Å²) >= 11 is 0. The van der Waals surface area contributed by atoms with Crippen molar-refractivity contribution in [1.82, 2.24) is 15.4 Å². The Balaban J connectivity index is 1.34. The van der Waals surface area contributed by atoms with Gasteiger partial charge in [0, 0.05) is 24.7 Å². The maximum Gasteiger partial charge on any atom is 0.287 e. The van der Waals surface area contributed by atoms with Crippen molar-refractivity contribution in [1.29, 1.82) is 0 Å². The SMILES string of the molecule is COc1cc(C(=O)N2CCC(NC(=O)c3ccc(C)o3)CC2)ccc1OCc1c(C)noc1C. The van der Waals surface area contributed by atoms with E-state index < -0.39 is 0 Å². The number of ether oxygens (including phenoxy) is 2. The number of aromatic nitrogens is 1. The summed E-state index contributed by atoms with van der Waals surface area (Å²) in [6.07, 6.45) is 1.35. The second kappa shape index (κ2) is 10.0. The highest BCUT2D eigenvalue weighted by atomic mass is 16.5. The molecule has 0 radical (unpaired) electrons. The first-order chi connectivity index (χ1) is 16.4. The zero-order valence-electron chi connectivity index (χ0n) is 19.8. The molecule has 0 bridgehead atoms. The number of carbonyl (C=O) groups is 2. The molecule has 0 spiro atoms. The van der Waals surface area contributed by atoms with E-state index in [0.717, 1.165) is 11.3 Å². The van der Waals surface area contributed by atoms with E-state index in [2.05, 4.69) is 10.5 Å². The summed E-state index contributed by atoms with van der Waals surface area (Å²) in [5.41, 5.74) is 2.19. The van der Waals surface area contributed by atoms with Gasteiger partial charge in [-0.1, -0.05) is 5.16 Å². The largest absolute Gasteiger partial charge is 0.493 e. The molecule has 1 fully saturated rings. The summed E-state index contributed by atoms with van der Waals surface area (Å²) in [7, 11) is 1.54. The first kappa shape index (κ1) is 23.4. The Labute approximate surface area is 198 Å². The first-order valence-corrected chi connectivity index (χ1v) is 11.2. The summed E-state index contributed by atoms with van der Waals surface area (Å²) in [6, 6.07) is 8.59. The van der Waals surface area contributed by atoms with E-state index in [-0.39, 0.29) is 17.9 Å². The number of benzene rings is 1.